The van der Waals surface area contributed by atoms with Crippen molar-refractivity contribution in [1.29, 1.82) is 0 Å². The summed E-state index contributed by atoms with van der Waals surface area (Å²) in [4.78, 5) is 0. The molecule has 2 aromatic rings. The van der Waals surface area contributed by atoms with E-state index in [1.807, 2.05) is 0 Å². The molecule has 116 valence electrons. The Hall–Kier alpha value is -1.15. The first-order chi connectivity index (χ1) is 10.9. The van der Waals surface area contributed by atoms with Crippen LogP contribution in [0, 0.1) is 5.92 Å². The van der Waals surface area contributed by atoms with E-state index in [4.69, 9.17) is 4.74 Å². The zero-order valence-corrected chi connectivity index (χ0v) is 13.9. The molecule has 0 N–H and O–H groups in total. The second-order valence-electron chi connectivity index (χ2n) is 6.73. The maximum Gasteiger partial charge on any atom is 0.119 e. The third-order valence-electron chi connectivity index (χ3n) is 5.10. The molecule has 0 amide bonds. The van der Waals surface area contributed by atoms with Crippen molar-refractivity contribution in [1.82, 2.24) is 0 Å². The molecule has 0 radical (unpaired) electrons. The van der Waals surface area contributed by atoms with Crippen molar-refractivity contribution < 1.29 is 4.74 Å². The van der Waals surface area contributed by atoms with Crippen LogP contribution in [0.4, 0.5) is 0 Å². The molecule has 0 spiro atoms. The quantitative estimate of drug-likeness (QED) is 0.687. The third kappa shape index (κ3) is 3.12. The smallest absolute Gasteiger partial charge is 0.119 e. The molecular formula is C20H24OS. The predicted molar refractivity (Wildman–Crippen MR) is 95.8 cm³/mol. The average molecular weight is 312 g/mol. The maximum atomic E-state index is 6.02. The molecule has 1 aliphatic heterocycles. The summed E-state index contributed by atoms with van der Waals surface area (Å²) in [5.74, 6) is 3.12. The number of benzene rings is 2. The highest BCUT2D eigenvalue weighted by atomic mass is 32.2. The normalized spacial score (nSPS) is 22.5. The molecule has 2 fully saturated rings. The molecule has 0 bridgehead atoms. The lowest BCUT2D eigenvalue weighted by Gasteiger charge is -2.13. The van der Waals surface area contributed by atoms with Crippen LogP contribution in [0.1, 0.15) is 49.3 Å². The molecular weight excluding hydrogens is 288 g/mol. The summed E-state index contributed by atoms with van der Waals surface area (Å²) in [6, 6.07) is 13.5. The molecule has 1 saturated heterocycles. The minimum absolute atomic E-state index is 0.711. The van der Waals surface area contributed by atoms with Crippen LogP contribution in [-0.4, -0.2) is 12.4 Å². The summed E-state index contributed by atoms with van der Waals surface area (Å²) >= 11 is 2.10. The molecule has 1 heterocycles. The molecule has 1 nitrogen and oxygen atoms in total. The summed E-state index contributed by atoms with van der Waals surface area (Å²) < 4.78 is 6.02. The van der Waals surface area contributed by atoms with Crippen LogP contribution in [0.15, 0.2) is 36.4 Å². The van der Waals surface area contributed by atoms with Gasteiger partial charge in [-0.25, -0.2) is 0 Å². The van der Waals surface area contributed by atoms with Crippen molar-refractivity contribution in [2.24, 2.45) is 5.92 Å². The molecule has 1 atom stereocenters. The number of rotatable bonds is 4. The third-order valence-corrected chi connectivity index (χ3v) is 6.53. The van der Waals surface area contributed by atoms with Gasteiger partial charge in [-0.15, -0.1) is 0 Å². The Kier molecular flexibility index (Phi) is 4.29. The fourth-order valence-electron chi connectivity index (χ4n) is 3.76. The standard InChI is InChI=1S/C20H24OS/c1-2-5-15(4-1)14-21-19-10-9-16-12-18(8-7-17(16)13-19)20-6-3-11-22-20/h7-10,12-13,15,20H,1-6,11,14H2. The molecule has 2 aliphatic rings. The van der Waals surface area contributed by atoms with E-state index in [1.165, 1.54) is 60.6 Å². The Bertz CT molecular complexity index is 639. The predicted octanol–water partition coefficient (Wildman–Crippen LogP) is 5.98. The van der Waals surface area contributed by atoms with Crippen LogP contribution in [0.5, 0.6) is 5.75 Å². The van der Waals surface area contributed by atoms with Crippen LogP contribution < -0.4 is 4.74 Å². The summed E-state index contributed by atoms with van der Waals surface area (Å²) in [5, 5.41) is 3.36. The van der Waals surface area contributed by atoms with Crippen LogP contribution in [0.3, 0.4) is 0 Å². The Morgan fingerprint density at radius 1 is 0.909 bits per heavy atom. The summed E-state index contributed by atoms with van der Waals surface area (Å²) in [6.45, 7) is 0.891. The Balaban J connectivity index is 1.49. The minimum Gasteiger partial charge on any atom is -0.493 e. The van der Waals surface area contributed by atoms with Gasteiger partial charge in [0.15, 0.2) is 0 Å². The van der Waals surface area contributed by atoms with E-state index >= 15 is 0 Å². The van der Waals surface area contributed by atoms with E-state index in [1.54, 1.807) is 0 Å². The van der Waals surface area contributed by atoms with E-state index in [0.29, 0.717) is 5.25 Å². The van der Waals surface area contributed by atoms with Gasteiger partial charge in [-0.3, -0.25) is 0 Å². The Labute approximate surface area is 137 Å². The molecule has 1 aliphatic carbocycles. The van der Waals surface area contributed by atoms with Gasteiger partial charge < -0.3 is 4.74 Å². The van der Waals surface area contributed by atoms with Crippen molar-refractivity contribution in [3.63, 3.8) is 0 Å². The van der Waals surface area contributed by atoms with Crippen molar-refractivity contribution in [2.45, 2.75) is 43.8 Å². The van der Waals surface area contributed by atoms with Gasteiger partial charge in [0.25, 0.3) is 0 Å². The van der Waals surface area contributed by atoms with Crippen LogP contribution in [0.2, 0.25) is 0 Å². The highest BCUT2D eigenvalue weighted by Gasteiger charge is 2.18. The van der Waals surface area contributed by atoms with Gasteiger partial charge in [-0.1, -0.05) is 37.1 Å². The minimum atomic E-state index is 0.711. The van der Waals surface area contributed by atoms with Gasteiger partial charge >= 0.3 is 0 Å². The summed E-state index contributed by atoms with van der Waals surface area (Å²) in [5.41, 5.74) is 1.50. The van der Waals surface area contributed by atoms with Gasteiger partial charge in [0.1, 0.15) is 5.75 Å². The molecule has 2 heteroatoms. The summed E-state index contributed by atoms with van der Waals surface area (Å²) in [6.07, 6.45) is 8.15. The van der Waals surface area contributed by atoms with E-state index in [-0.39, 0.29) is 0 Å². The second kappa shape index (κ2) is 6.54. The van der Waals surface area contributed by atoms with Crippen molar-refractivity contribution in [2.75, 3.05) is 12.4 Å². The largest absolute Gasteiger partial charge is 0.493 e. The van der Waals surface area contributed by atoms with Gasteiger partial charge in [0.2, 0.25) is 0 Å². The van der Waals surface area contributed by atoms with Gasteiger partial charge in [0.05, 0.1) is 6.61 Å². The van der Waals surface area contributed by atoms with Crippen molar-refractivity contribution in [3.05, 3.63) is 42.0 Å². The molecule has 22 heavy (non-hydrogen) atoms. The van der Waals surface area contributed by atoms with Gasteiger partial charge in [-0.05, 0) is 65.8 Å². The highest BCUT2D eigenvalue weighted by Crippen LogP contribution is 2.40. The molecule has 1 saturated carbocycles. The van der Waals surface area contributed by atoms with E-state index < -0.39 is 0 Å². The number of ether oxygens (including phenoxy) is 1. The highest BCUT2D eigenvalue weighted by molar-refractivity contribution is 7.99. The molecule has 4 rings (SSSR count). The monoisotopic (exact) mass is 312 g/mol. The first-order valence-corrected chi connectivity index (χ1v) is 9.71. The SMILES string of the molecule is c1cc2cc(C3CCCS3)ccc2cc1OCC1CCCC1. The lowest BCUT2D eigenvalue weighted by atomic mass is 10.0. The topological polar surface area (TPSA) is 9.23 Å². The second-order valence-corrected chi connectivity index (χ2v) is 8.04. The Morgan fingerprint density at radius 2 is 1.73 bits per heavy atom. The van der Waals surface area contributed by atoms with Crippen LogP contribution in [-0.2, 0) is 0 Å². The number of fused-ring (bicyclic) bond motifs is 1. The van der Waals surface area contributed by atoms with E-state index in [0.717, 1.165) is 18.3 Å². The zero-order valence-electron chi connectivity index (χ0n) is 13.1. The van der Waals surface area contributed by atoms with Crippen LogP contribution >= 0.6 is 11.8 Å². The lowest BCUT2D eigenvalue weighted by Crippen LogP contribution is -2.07. The van der Waals surface area contributed by atoms with Gasteiger partial charge in [-0.2, -0.15) is 11.8 Å². The van der Waals surface area contributed by atoms with Crippen molar-refractivity contribution >= 4 is 22.5 Å². The number of hydrogen-bond donors (Lipinski definition) is 0. The lowest BCUT2D eigenvalue weighted by molar-refractivity contribution is 0.252. The number of thioether (sulfide) groups is 1. The first kappa shape index (κ1) is 14.4. The summed E-state index contributed by atoms with van der Waals surface area (Å²) in [7, 11) is 0. The fraction of sp³-hybridized carbons (Fsp3) is 0.500. The number of hydrogen-bond acceptors (Lipinski definition) is 2. The first-order valence-electron chi connectivity index (χ1n) is 8.66. The zero-order chi connectivity index (χ0) is 14.8. The molecule has 2 aromatic carbocycles. The molecule has 1 unspecified atom stereocenters. The Morgan fingerprint density at radius 3 is 2.55 bits per heavy atom. The van der Waals surface area contributed by atoms with E-state index in [9.17, 15) is 0 Å². The maximum absolute atomic E-state index is 6.02. The van der Waals surface area contributed by atoms with Gasteiger partial charge in [0, 0.05) is 5.25 Å². The fourth-order valence-corrected chi connectivity index (χ4v) is 5.05. The van der Waals surface area contributed by atoms with E-state index in [2.05, 4.69) is 48.2 Å². The van der Waals surface area contributed by atoms with Crippen LogP contribution in [0.25, 0.3) is 10.8 Å². The average Bonchev–Trinajstić information content (AvgIpc) is 3.25. The molecule has 0 aromatic heterocycles. The van der Waals surface area contributed by atoms with Crippen molar-refractivity contribution in [3.8, 4) is 5.75 Å².